The SMILES string of the molecule is CC(NC(=O)Cn1nnc2ccccc21)C(N)=O. The predicted molar refractivity (Wildman–Crippen MR) is 64.3 cm³/mol. The fraction of sp³-hybridized carbons (Fsp3) is 0.273. The van der Waals surface area contributed by atoms with E-state index < -0.39 is 11.9 Å². The second-order valence-electron chi connectivity index (χ2n) is 3.93. The molecule has 0 radical (unpaired) electrons. The maximum atomic E-state index is 11.7. The molecule has 0 fully saturated rings. The normalized spacial score (nSPS) is 12.3. The Bertz CT molecular complexity index is 592. The average molecular weight is 247 g/mol. The molecule has 1 aromatic carbocycles. The van der Waals surface area contributed by atoms with Crippen molar-refractivity contribution < 1.29 is 9.59 Å². The van der Waals surface area contributed by atoms with E-state index in [2.05, 4.69) is 15.6 Å². The van der Waals surface area contributed by atoms with Crippen molar-refractivity contribution in [3.63, 3.8) is 0 Å². The lowest BCUT2D eigenvalue weighted by atomic mass is 10.3. The molecule has 2 amide bonds. The summed E-state index contributed by atoms with van der Waals surface area (Å²) in [7, 11) is 0. The average Bonchev–Trinajstić information content (AvgIpc) is 2.72. The van der Waals surface area contributed by atoms with E-state index in [9.17, 15) is 9.59 Å². The molecule has 2 aromatic rings. The Hall–Kier alpha value is -2.44. The number of nitrogens with zero attached hydrogens (tertiary/aromatic N) is 3. The number of nitrogens with two attached hydrogens (primary N) is 1. The molecule has 1 aromatic heterocycles. The van der Waals surface area contributed by atoms with E-state index in [0.29, 0.717) is 5.52 Å². The van der Waals surface area contributed by atoms with Gasteiger partial charge in [0.05, 0.1) is 5.52 Å². The molecule has 1 atom stereocenters. The van der Waals surface area contributed by atoms with E-state index in [0.717, 1.165) is 5.52 Å². The highest BCUT2D eigenvalue weighted by Gasteiger charge is 2.13. The van der Waals surface area contributed by atoms with Crippen LogP contribution in [-0.4, -0.2) is 32.9 Å². The topological polar surface area (TPSA) is 103 Å². The third-order valence-electron chi connectivity index (χ3n) is 2.52. The van der Waals surface area contributed by atoms with Crippen LogP contribution in [-0.2, 0) is 16.1 Å². The van der Waals surface area contributed by atoms with Crippen LogP contribution in [0.4, 0.5) is 0 Å². The standard InChI is InChI=1S/C11H13N5O2/c1-7(11(12)18)13-10(17)6-16-9-5-3-2-4-8(9)14-15-16/h2-5,7H,6H2,1H3,(H2,12,18)(H,13,17). The molecule has 1 heterocycles. The zero-order valence-corrected chi connectivity index (χ0v) is 9.83. The van der Waals surface area contributed by atoms with Crippen molar-refractivity contribution in [2.24, 2.45) is 5.73 Å². The third kappa shape index (κ3) is 2.45. The number of fused-ring (bicyclic) bond motifs is 1. The molecule has 0 bridgehead atoms. The largest absolute Gasteiger partial charge is 0.368 e. The molecule has 0 spiro atoms. The molecule has 2 rings (SSSR count). The number of carbonyl (C=O) groups excluding carboxylic acids is 2. The van der Waals surface area contributed by atoms with Crippen LogP contribution in [0.5, 0.6) is 0 Å². The van der Waals surface area contributed by atoms with Crippen LogP contribution in [0.2, 0.25) is 0 Å². The minimum absolute atomic E-state index is 0.00185. The van der Waals surface area contributed by atoms with Gasteiger partial charge in [0.1, 0.15) is 18.1 Å². The van der Waals surface area contributed by atoms with Crippen molar-refractivity contribution in [3.05, 3.63) is 24.3 Å². The number of rotatable bonds is 4. The fourth-order valence-electron chi connectivity index (χ4n) is 1.53. The van der Waals surface area contributed by atoms with Crippen molar-refractivity contribution in [1.82, 2.24) is 20.3 Å². The van der Waals surface area contributed by atoms with Crippen LogP contribution in [0.1, 0.15) is 6.92 Å². The Morgan fingerprint density at radius 2 is 2.17 bits per heavy atom. The van der Waals surface area contributed by atoms with Gasteiger partial charge in [0.25, 0.3) is 0 Å². The first-order valence-corrected chi connectivity index (χ1v) is 5.45. The molecule has 18 heavy (non-hydrogen) atoms. The number of nitrogens with one attached hydrogen (secondary N) is 1. The maximum Gasteiger partial charge on any atom is 0.242 e. The van der Waals surface area contributed by atoms with E-state index in [-0.39, 0.29) is 12.5 Å². The molecule has 7 heteroatoms. The molecule has 0 aliphatic rings. The number of primary amides is 1. The van der Waals surface area contributed by atoms with Gasteiger partial charge in [-0.25, -0.2) is 4.68 Å². The molecule has 0 aliphatic heterocycles. The summed E-state index contributed by atoms with van der Waals surface area (Å²) in [5, 5.41) is 10.3. The van der Waals surface area contributed by atoms with Crippen molar-refractivity contribution in [2.45, 2.75) is 19.5 Å². The van der Waals surface area contributed by atoms with Crippen molar-refractivity contribution in [1.29, 1.82) is 0 Å². The summed E-state index contributed by atoms with van der Waals surface area (Å²) in [4.78, 5) is 22.5. The summed E-state index contributed by atoms with van der Waals surface area (Å²) in [6.45, 7) is 1.53. The molecule has 7 nitrogen and oxygen atoms in total. The van der Waals surface area contributed by atoms with Crippen molar-refractivity contribution in [2.75, 3.05) is 0 Å². The first-order chi connectivity index (χ1) is 8.58. The van der Waals surface area contributed by atoms with Crippen LogP contribution >= 0.6 is 0 Å². The number of carbonyl (C=O) groups is 2. The highest BCUT2D eigenvalue weighted by molar-refractivity contribution is 5.86. The summed E-state index contributed by atoms with van der Waals surface area (Å²) in [6, 6.07) is 6.61. The van der Waals surface area contributed by atoms with Gasteiger partial charge in [0.15, 0.2) is 0 Å². The summed E-state index contributed by atoms with van der Waals surface area (Å²) < 4.78 is 1.47. The summed E-state index contributed by atoms with van der Waals surface area (Å²) in [5.41, 5.74) is 6.54. The van der Waals surface area contributed by atoms with Gasteiger partial charge < -0.3 is 11.1 Å². The highest BCUT2D eigenvalue weighted by atomic mass is 16.2. The Labute approximate surface area is 103 Å². The minimum Gasteiger partial charge on any atom is -0.368 e. The Kier molecular flexibility index (Phi) is 3.22. The van der Waals surface area contributed by atoms with Crippen molar-refractivity contribution in [3.8, 4) is 0 Å². The van der Waals surface area contributed by atoms with Gasteiger partial charge in [-0.15, -0.1) is 5.10 Å². The number of hydrogen-bond donors (Lipinski definition) is 2. The molecule has 0 saturated carbocycles. The third-order valence-corrected chi connectivity index (χ3v) is 2.52. The van der Waals surface area contributed by atoms with Crippen LogP contribution < -0.4 is 11.1 Å². The zero-order chi connectivity index (χ0) is 13.1. The smallest absolute Gasteiger partial charge is 0.242 e. The van der Waals surface area contributed by atoms with Crippen LogP contribution in [0, 0.1) is 0 Å². The number of benzene rings is 1. The first-order valence-electron chi connectivity index (χ1n) is 5.45. The lowest BCUT2D eigenvalue weighted by Crippen LogP contribution is -2.43. The van der Waals surface area contributed by atoms with E-state index in [1.807, 2.05) is 24.3 Å². The highest BCUT2D eigenvalue weighted by Crippen LogP contribution is 2.09. The molecular formula is C11H13N5O2. The predicted octanol–water partition coefficient (Wildman–Crippen LogP) is -0.579. The molecule has 1 unspecified atom stereocenters. The molecule has 0 saturated heterocycles. The molecule has 3 N–H and O–H groups in total. The number of para-hydroxylation sites is 1. The Morgan fingerprint density at radius 3 is 2.89 bits per heavy atom. The van der Waals surface area contributed by atoms with Crippen LogP contribution in [0.3, 0.4) is 0 Å². The van der Waals surface area contributed by atoms with E-state index >= 15 is 0 Å². The maximum absolute atomic E-state index is 11.7. The second-order valence-corrected chi connectivity index (χ2v) is 3.93. The molecule has 94 valence electrons. The van der Waals surface area contributed by atoms with E-state index in [1.54, 1.807) is 0 Å². The summed E-state index contributed by atoms with van der Waals surface area (Å²) in [6.07, 6.45) is 0. The minimum atomic E-state index is -0.702. The van der Waals surface area contributed by atoms with E-state index in [1.165, 1.54) is 11.6 Å². The van der Waals surface area contributed by atoms with Gasteiger partial charge >= 0.3 is 0 Å². The summed E-state index contributed by atoms with van der Waals surface area (Å²) in [5.74, 6) is -0.913. The molecule has 0 aliphatic carbocycles. The zero-order valence-electron chi connectivity index (χ0n) is 9.83. The Morgan fingerprint density at radius 1 is 1.44 bits per heavy atom. The lowest BCUT2D eigenvalue weighted by molar-refractivity contribution is -0.127. The number of hydrogen-bond acceptors (Lipinski definition) is 4. The monoisotopic (exact) mass is 247 g/mol. The van der Waals surface area contributed by atoms with Gasteiger partial charge in [0, 0.05) is 0 Å². The van der Waals surface area contributed by atoms with E-state index in [4.69, 9.17) is 5.73 Å². The molecular weight excluding hydrogens is 234 g/mol. The lowest BCUT2D eigenvalue weighted by Gasteiger charge is -2.09. The van der Waals surface area contributed by atoms with Crippen LogP contribution in [0.15, 0.2) is 24.3 Å². The first kappa shape index (κ1) is 12.0. The van der Waals surface area contributed by atoms with Gasteiger partial charge in [-0.3, -0.25) is 9.59 Å². The number of aromatic nitrogens is 3. The second kappa shape index (κ2) is 4.82. The summed E-state index contributed by atoms with van der Waals surface area (Å²) >= 11 is 0. The van der Waals surface area contributed by atoms with Gasteiger partial charge in [-0.1, -0.05) is 17.3 Å². The van der Waals surface area contributed by atoms with Gasteiger partial charge in [-0.2, -0.15) is 0 Å². The number of amides is 2. The van der Waals surface area contributed by atoms with Crippen LogP contribution in [0.25, 0.3) is 11.0 Å². The van der Waals surface area contributed by atoms with Crippen molar-refractivity contribution >= 4 is 22.8 Å². The Balaban J connectivity index is 2.10. The quantitative estimate of drug-likeness (QED) is 0.754. The van der Waals surface area contributed by atoms with Gasteiger partial charge in [-0.05, 0) is 19.1 Å². The fourth-order valence-corrected chi connectivity index (χ4v) is 1.53. The van der Waals surface area contributed by atoms with Gasteiger partial charge in [0.2, 0.25) is 11.8 Å².